The molecular weight excluding hydrogens is 473 g/mol. The van der Waals surface area contributed by atoms with Crippen molar-refractivity contribution < 1.29 is 21.6 Å². The van der Waals surface area contributed by atoms with Gasteiger partial charge in [0.1, 0.15) is 11.6 Å². The highest BCUT2D eigenvalue weighted by Crippen LogP contribution is 2.39. The molecule has 3 aromatic rings. The molecule has 3 heterocycles. The molecule has 4 rings (SSSR count). The number of sulfonamides is 1. The van der Waals surface area contributed by atoms with Crippen molar-refractivity contribution >= 4 is 38.5 Å². The fourth-order valence-electron chi connectivity index (χ4n) is 3.43. The van der Waals surface area contributed by atoms with Gasteiger partial charge in [0.05, 0.1) is 21.8 Å². The van der Waals surface area contributed by atoms with Gasteiger partial charge in [-0.25, -0.2) is 26.3 Å². The van der Waals surface area contributed by atoms with Crippen molar-refractivity contribution in [2.75, 3.05) is 6.67 Å². The Morgan fingerprint density at radius 3 is 2.55 bits per heavy atom. The topological polar surface area (TPSA) is 76.4 Å². The molecular formula is C19H20ClF3N4O2S2. The van der Waals surface area contributed by atoms with Gasteiger partial charge in [0.2, 0.25) is 10.0 Å². The molecule has 1 aliphatic rings. The number of halogens is 4. The number of hydrogen-bond acceptors (Lipinski definition) is 5. The van der Waals surface area contributed by atoms with Crippen molar-refractivity contribution in [1.82, 2.24) is 19.3 Å². The fraction of sp³-hybridized carbons (Fsp3) is 0.474. The lowest BCUT2D eigenvalue weighted by Gasteiger charge is -2.15. The van der Waals surface area contributed by atoms with Gasteiger partial charge in [-0.2, -0.15) is 0 Å². The van der Waals surface area contributed by atoms with E-state index >= 15 is 0 Å². The van der Waals surface area contributed by atoms with Crippen LogP contribution in [0.1, 0.15) is 43.7 Å². The second kappa shape index (κ2) is 8.02. The Bertz CT molecular complexity index is 1240. The average molecular weight is 493 g/mol. The smallest absolute Gasteiger partial charge is 0.291 e. The predicted molar refractivity (Wildman–Crippen MR) is 113 cm³/mol. The summed E-state index contributed by atoms with van der Waals surface area (Å²) < 4.78 is 69.1. The Morgan fingerprint density at radius 2 is 2.00 bits per heavy atom. The zero-order valence-corrected chi connectivity index (χ0v) is 19.1. The number of nitrogens with one attached hydrogen (secondary N) is 1. The van der Waals surface area contributed by atoms with Gasteiger partial charge in [-0.1, -0.05) is 36.8 Å². The van der Waals surface area contributed by atoms with Gasteiger partial charge in [-0.05, 0) is 42.9 Å². The van der Waals surface area contributed by atoms with Crippen molar-refractivity contribution in [1.29, 1.82) is 0 Å². The molecule has 3 aromatic heterocycles. The average Bonchev–Trinajstić information content (AvgIpc) is 3.11. The third-order valence-electron chi connectivity index (χ3n) is 5.11. The minimum Gasteiger partial charge on any atom is -0.311 e. The van der Waals surface area contributed by atoms with Crippen molar-refractivity contribution in [2.24, 2.45) is 5.92 Å². The standard InChI is InChI=1S/C19H20ClF3N4O2S2/c1-10(2)5-11-6-14(17-24-25-18(30-17)16(22)23)27-8-12(7-13(20)15(11)27)31(28,29)26-19(9-21)3-4-19/h6-8,10,16,26H,3-5,9H2,1-2H3. The summed E-state index contributed by atoms with van der Waals surface area (Å²) in [6.45, 7) is 3.24. The van der Waals surface area contributed by atoms with Crippen LogP contribution in [0.25, 0.3) is 16.2 Å². The van der Waals surface area contributed by atoms with Crippen LogP contribution >= 0.6 is 22.9 Å². The first-order valence-electron chi connectivity index (χ1n) is 9.60. The molecule has 0 aromatic carbocycles. The first-order valence-corrected chi connectivity index (χ1v) is 12.3. The van der Waals surface area contributed by atoms with Gasteiger partial charge in [0.15, 0.2) is 10.0 Å². The van der Waals surface area contributed by atoms with E-state index in [1.54, 1.807) is 10.5 Å². The highest BCUT2D eigenvalue weighted by molar-refractivity contribution is 7.89. The third-order valence-corrected chi connectivity index (χ3v) is 7.90. The van der Waals surface area contributed by atoms with Gasteiger partial charge in [-0.3, -0.25) is 0 Å². The predicted octanol–water partition coefficient (Wildman–Crippen LogP) is 5.03. The van der Waals surface area contributed by atoms with E-state index in [4.69, 9.17) is 11.6 Å². The zero-order valence-electron chi connectivity index (χ0n) is 16.7. The maximum atomic E-state index is 13.3. The van der Waals surface area contributed by atoms with Gasteiger partial charge in [0, 0.05) is 6.20 Å². The van der Waals surface area contributed by atoms with Gasteiger partial charge in [-0.15, -0.1) is 10.2 Å². The first kappa shape index (κ1) is 22.5. The summed E-state index contributed by atoms with van der Waals surface area (Å²) in [5.74, 6) is 0.269. The van der Waals surface area contributed by atoms with E-state index in [0.29, 0.717) is 30.5 Å². The number of hydrogen-bond donors (Lipinski definition) is 1. The Morgan fingerprint density at radius 1 is 1.29 bits per heavy atom. The largest absolute Gasteiger partial charge is 0.311 e. The lowest BCUT2D eigenvalue weighted by molar-refractivity contribution is 0.150. The lowest BCUT2D eigenvalue weighted by Crippen LogP contribution is -2.38. The summed E-state index contributed by atoms with van der Waals surface area (Å²) in [7, 11) is -4.05. The first-order chi connectivity index (χ1) is 14.5. The van der Waals surface area contributed by atoms with E-state index in [9.17, 15) is 21.6 Å². The maximum absolute atomic E-state index is 13.3. The van der Waals surface area contributed by atoms with Crippen LogP contribution in [0.3, 0.4) is 0 Å². The Labute approximate surface area is 186 Å². The monoisotopic (exact) mass is 492 g/mol. The zero-order chi connectivity index (χ0) is 22.6. The molecule has 1 N–H and O–H groups in total. The summed E-state index contributed by atoms with van der Waals surface area (Å²) in [5, 5.41) is 7.38. The quantitative estimate of drug-likeness (QED) is 0.478. The molecule has 0 amide bonds. The summed E-state index contributed by atoms with van der Waals surface area (Å²) in [4.78, 5) is -0.142. The van der Waals surface area contributed by atoms with Crippen LogP contribution in [-0.2, 0) is 16.4 Å². The van der Waals surface area contributed by atoms with E-state index in [2.05, 4.69) is 14.9 Å². The number of alkyl halides is 3. The van der Waals surface area contributed by atoms with Crippen molar-refractivity contribution in [2.45, 2.75) is 50.0 Å². The van der Waals surface area contributed by atoms with Crippen molar-refractivity contribution in [3.63, 3.8) is 0 Å². The Hall–Kier alpha value is -1.69. The third kappa shape index (κ3) is 4.33. The van der Waals surface area contributed by atoms with E-state index in [-0.39, 0.29) is 20.8 Å². The summed E-state index contributed by atoms with van der Waals surface area (Å²) in [5.41, 5.74) is 0.766. The van der Waals surface area contributed by atoms with E-state index < -0.39 is 33.7 Å². The van der Waals surface area contributed by atoms with Crippen LogP contribution in [0.4, 0.5) is 13.2 Å². The molecule has 0 saturated heterocycles. The number of fused-ring (bicyclic) bond motifs is 1. The molecule has 0 unspecified atom stereocenters. The van der Waals surface area contributed by atoms with Crippen LogP contribution in [-0.4, -0.2) is 35.2 Å². The summed E-state index contributed by atoms with van der Waals surface area (Å²) in [6.07, 6.45) is 0.0895. The molecule has 0 radical (unpaired) electrons. The number of pyridine rings is 1. The fourth-order valence-corrected chi connectivity index (χ4v) is 6.00. The minimum atomic E-state index is -4.05. The summed E-state index contributed by atoms with van der Waals surface area (Å²) >= 11 is 7.23. The van der Waals surface area contributed by atoms with E-state index in [1.165, 1.54) is 12.3 Å². The Kier molecular flexibility index (Phi) is 5.82. The van der Waals surface area contributed by atoms with Gasteiger partial charge >= 0.3 is 0 Å². The molecule has 0 atom stereocenters. The molecule has 1 fully saturated rings. The van der Waals surface area contributed by atoms with E-state index in [1.807, 2.05) is 13.8 Å². The molecule has 0 aliphatic heterocycles. The molecule has 1 saturated carbocycles. The van der Waals surface area contributed by atoms with Gasteiger partial charge < -0.3 is 4.40 Å². The van der Waals surface area contributed by atoms with E-state index in [0.717, 1.165) is 16.9 Å². The number of rotatable bonds is 8. The highest BCUT2D eigenvalue weighted by atomic mass is 35.5. The molecule has 0 bridgehead atoms. The van der Waals surface area contributed by atoms with Gasteiger partial charge in [0.25, 0.3) is 6.43 Å². The normalized spacial score (nSPS) is 16.0. The second-order valence-electron chi connectivity index (χ2n) is 8.16. The van der Waals surface area contributed by atoms with Crippen LogP contribution in [0.15, 0.2) is 23.2 Å². The highest BCUT2D eigenvalue weighted by Gasteiger charge is 2.46. The summed E-state index contributed by atoms with van der Waals surface area (Å²) in [6, 6.07) is 3.09. The molecule has 6 nitrogen and oxygen atoms in total. The van der Waals surface area contributed by atoms with Crippen LogP contribution in [0.2, 0.25) is 5.02 Å². The molecule has 0 spiro atoms. The minimum absolute atomic E-state index is 0.142. The lowest BCUT2D eigenvalue weighted by atomic mass is 10.0. The molecule has 31 heavy (non-hydrogen) atoms. The maximum Gasteiger partial charge on any atom is 0.291 e. The molecule has 1 aliphatic carbocycles. The SMILES string of the molecule is CC(C)Cc1cc(-c2nnc(C(F)F)s2)n2cc(S(=O)(=O)NC3(CF)CC3)cc(Cl)c12. The van der Waals surface area contributed by atoms with Crippen LogP contribution in [0, 0.1) is 5.92 Å². The molecule has 12 heteroatoms. The number of nitrogens with zero attached hydrogens (tertiary/aromatic N) is 3. The van der Waals surface area contributed by atoms with Crippen molar-refractivity contribution in [3.05, 3.63) is 33.9 Å². The van der Waals surface area contributed by atoms with Crippen LogP contribution in [0.5, 0.6) is 0 Å². The molecule has 168 valence electrons. The Balaban J connectivity index is 1.88. The number of aromatic nitrogens is 3. The van der Waals surface area contributed by atoms with Crippen molar-refractivity contribution in [3.8, 4) is 10.7 Å². The van der Waals surface area contributed by atoms with Crippen LogP contribution < -0.4 is 4.72 Å². The second-order valence-corrected chi connectivity index (χ2v) is 11.3.